The van der Waals surface area contributed by atoms with E-state index < -0.39 is 5.97 Å². The Kier molecular flexibility index (Phi) is 3.86. The number of thiazole rings is 1. The number of benzene rings is 1. The highest BCUT2D eigenvalue weighted by atomic mass is 32.1. The summed E-state index contributed by atoms with van der Waals surface area (Å²) in [4.78, 5) is 16.8. The minimum absolute atomic E-state index is 0.0167. The molecule has 0 saturated heterocycles. The first-order valence-electron chi connectivity index (χ1n) is 6.46. The summed E-state index contributed by atoms with van der Waals surface area (Å²) in [7, 11) is 0. The Morgan fingerprint density at radius 3 is 2.81 bits per heavy atom. The van der Waals surface area contributed by atoms with Crippen molar-refractivity contribution in [3.05, 3.63) is 51.2 Å². The Bertz CT molecular complexity index is 797. The standard InChI is InChI=1S/C16H13NO2S2/c1-10-6-7-20-14(10)8-11(9-15(18)19)16-17-12-4-2-3-5-13(12)21-16/h2-8H,9H2,1H3,(H,18,19)/b11-8+. The Morgan fingerprint density at radius 1 is 1.33 bits per heavy atom. The van der Waals surface area contributed by atoms with Crippen molar-refractivity contribution in [2.75, 3.05) is 0 Å². The van der Waals surface area contributed by atoms with Gasteiger partial charge < -0.3 is 5.11 Å². The molecule has 0 saturated carbocycles. The van der Waals surface area contributed by atoms with E-state index in [4.69, 9.17) is 5.11 Å². The van der Waals surface area contributed by atoms with Crippen LogP contribution in [0.2, 0.25) is 0 Å². The minimum Gasteiger partial charge on any atom is -0.481 e. The van der Waals surface area contributed by atoms with Crippen molar-refractivity contribution in [1.29, 1.82) is 0 Å². The van der Waals surface area contributed by atoms with Gasteiger partial charge in [-0.05, 0) is 42.1 Å². The quantitative estimate of drug-likeness (QED) is 0.760. The average Bonchev–Trinajstić information content (AvgIpc) is 3.04. The van der Waals surface area contributed by atoms with Crippen molar-refractivity contribution in [3.8, 4) is 0 Å². The fourth-order valence-corrected chi connectivity index (χ4v) is 3.91. The second-order valence-corrected chi connectivity index (χ2v) is 6.67. The number of hydrogen-bond donors (Lipinski definition) is 1. The van der Waals surface area contributed by atoms with Gasteiger partial charge in [0.25, 0.3) is 0 Å². The van der Waals surface area contributed by atoms with E-state index >= 15 is 0 Å². The van der Waals surface area contributed by atoms with Crippen molar-refractivity contribution >= 4 is 50.5 Å². The highest BCUT2D eigenvalue weighted by Crippen LogP contribution is 2.31. The van der Waals surface area contributed by atoms with Crippen molar-refractivity contribution in [2.45, 2.75) is 13.3 Å². The van der Waals surface area contributed by atoms with Gasteiger partial charge in [0.15, 0.2) is 0 Å². The van der Waals surface area contributed by atoms with Crippen LogP contribution in [-0.4, -0.2) is 16.1 Å². The molecule has 3 aromatic rings. The summed E-state index contributed by atoms with van der Waals surface area (Å²) in [6.45, 7) is 2.03. The third-order valence-electron chi connectivity index (χ3n) is 3.12. The Balaban J connectivity index is 2.08. The minimum atomic E-state index is -0.838. The molecule has 5 heteroatoms. The second kappa shape index (κ2) is 5.79. The number of thiophene rings is 1. The zero-order valence-corrected chi connectivity index (χ0v) is 13.0. The molecule has 1 N–H and O–H groups in total. The van der Waals surface area contributed by atoms with Crippen LogP contribution in [0.25, 0.3) is 21.9 Å². The molecule has 0 unspecified atom stereocenters. The third kappa shape index (κ3) is 3.04. The molecule has 3 rings (SSSR count). The summed E-state index contributed by atoms with van der Waals surface area (Å²) < 4.78 is 1.08. The number of aromatic nitrogens is 1. The lowest BCUT2D eigenvalue weighted by molar-refractivity contribution is -0.135. The maximum absolute atomic E-state index is 11.2. The molecule has 0 atom stereocenters. The Hall–Kier alpha value is -1.98. The van der Waals surface area contributed by atoms with Crippen molar-refractivity contribution in [1.82, 2.24) is 4.98 Å². The van der Waals surface area contributed by atoms with Gasteiger partial charge in [-0.1, -0.05) is 12.1 Å². The number of rotatable bonds is 4. The van der Waals surface area contributed by atoms with E-state index in [9.17, 15) is 4.79 Å². The molecule has 3 nitrogen and oxygen atoms in total. The maximum atomic E-state index is 11.2. The molecule has 0 aliphatic heterocycles. The molecule has 0 bridgehead atoms. The van der Waals surface area contributed by atoms with Crippen LogP contribution >= 0.6 is 22.7 Å². The van der Waals surface area contributed by atoms with Crippen LogP contribution in [0, 0.1) is 6.92 Å². The first kappa shape index (κ1) is 14.0. The van der Waals surface area contributed by atoms with Gasteiger partial charge in [0, 0.05) is 10.5 Å². The molecule has 0 fully saturated rings. The molecular formula is C16H13NO2S2. The van der Waals surface area contributed by atoms with Crippen LogP contribution in [-0.2, 0) is 4.79 Å². The topological polar surface area (TPSA) is 50.2 Å². The van der Waals surface area contributed by atoms with Crippen molar-refractivity contribution < 1.29 is 9.90 Å². The number of carboxylic acids is 1. The van der Waals surface area contributed by atoms with E-state index in [1.54, 1.807) is 11.3 Å². The van der Waals surface area contributed by atoms with E-state index in [1.165, 1.54) is 11.3 Å². The van der Waals surface area contributed by atoms with Gasteiger partial charge in [-0.2, -0.15) is 0 Å². The lowest BCUT2D eigenvalue weighted by Gasteiger charge is -2.01. The fourth-order valence-electron chi connectivity index (χ4n) is 2.05. The number of aryl methyl sites for hydroxylation is 1. The molecule has 106 valence electrons. The molecule has 0 radical (unpaired) electrons. The van der Waals surface area contributed by atoms with Crippen LogP contribution in [0.4, 0.5) is 0 Å². The average molecular weight is 315 g/mol. The number of carbonyl (C=O) groups is 1. The summed E-state index contributed by atoms with van der Waals surface area (Å²) in [6.07, 6.45) is 1.93. The normalized spacial score (nSPS) is 12.0. The maximum Gasteiger partial charge on any atom is 0.307 e. The first-order valence-corrected chi connectivity index (χ1v) is 8.15. The number of hydrogen-bond acceptors (Lipinski definition) is 4. The predicted molar refractivity (Wildman–Crippen MR) is 88.8 cm³/mol. The smallest absolute Gasteiger partial charge is 0.307 e. The van der Waals surface area contributed by atoms with E-state index in [-0.39, 0.29) is 6.42 Å². The molecule has 0 aliphatic rings. The predicted octanol–water partition coefficient (Wildman–Crippen LogP) is 4.68. The third-order valence-corrected chi connectivity index (χ3v) is 5.20. The van der Waals surface area contributed by atoms with Crippen LogP contribution in [0.5, 0.6) is 0 Å². The van der Waals surface area contributed by atoms with E-state index in [0.29, 0.717) is 0 Å². The number of carboxylic acid groups (broad SMARTS) is 1. The summed E-state index contributed by atoms with van der Waals surface area (Å²) >= 11 is 3.15. The van der Waals surface area contributed by atoms with Gasteiger partial charge in [0.1, 0.15) is 5.01 Å². The SMILES string of the molecule is Cc1ccsc1/C=C(\CC(=O)O)c1nc2ccccc2s1. The van der Waals surface area contributed by atoms with Gasteiger partial charge in [-0.25, -0.2) is 4.98 Å². The number of aliphatic carboxylic acids is 1. The van der Waals surface area contributed by atoms with Gasteiger partial charge in [-0.3, -0.25) is 4.79 Å². The van der Waals surface area contributed by atoms with Crippen LogP contribution < -0.4 is 0 Å². The van der Waals surface area contributed by atoms with Crippen molar-refractivity contribution in [2.24, 2.45) is 0 Å². The number of para-hydroxylation sites is 1. The summed E-state index contributed by atoms with van der Waals surface area (Å²) in [5.41, 5.74) is 2.83. The highest BCUT2D eigenvalue weighted by Gasteiger charge is 2.13. The fraction of sp³-hybridized carbons (Fsp3) is 0.125. The van der Waals surface area contributed by atoms with E-state index in [1.807, 2.05) is 48.7 Å². The zero-order valence-electron chi connectivity index (χ0n) is 11.4. The van der Waals surface area contributed by atoms with Gasteiger partial charge in [0.05, 0.1) is 16.6 Å². The number of nitrogens with zero attached hydrogens (tertiary/aromatic N) is 1. The molecule has 0 amide bonds. The zero-order chi connectivity index (χ0) is 14.8. The van der Waals surface area contributed by atoms with Crippen LogP contribution in [0.3, 0.4) is 0 Å². The van der Waals surface area contributed by atoms with Crippen LogP contribution in [0.15, 0.2) is 35.7 Å². The Morgan fingerprint density at radius 2 is 2.14 bits per heavy atom. The molecule has 2 heterocycles. The monoisotopic (exact) mass is 315 g/mol. The van der Waals surface area contributed by atoms with Gasteiger partial charge >= 0.3 is 5.97 Å². The number of fused-ring (bicyclic) bond motifs is 1. The Labute approximate surface area is 130 Å². The van der Waals surface area contributed by atoms with E-state index in [2.05, 4.69) is 4.98 Å². The van der Waals surface area contributed by atoms with Crippen LogP contribution in [0.1, 0.15) is 21.9 Å². The molecule has 1 aromatic carbocycles. The summed E-state index contributed by atoms with van der Waals surface area (Å²) in [6, 6.07) is 9.90. The largest absolute Gasteiger partial charge is 0.481 e. The molecule has 2 aromatic heterocycles. The van der Waals surface area contributed by atoms with Gasteiger partial charge in [-0.15, -0.1) is 22.7 Å². The second-order valence-electron chi connectivity index (χ2n) is 4.69. The molecule has 0 spiro atoms. The highest BCUT2D eigenvalue weighted by molar-refractivity contribution is 7.19. The van der Waals surface area contributed by atoms with Gasteiger partial charge in [0.2, 0.25) is 0 Å². The van der Waals surface area contributed by atoms with E-state index in [0.717, 1.165) is 31.2 Å². The summed E-state index contributed by atoms with van der Waals surface area (Å²) in [5.74, 6) is -0.838. The lowest BCUT2D eigenvalue weighted by Crippen LogP contribution is -1.96. The van der Waals surface area contributed by atoms with Crippen molar-refractivity contribution in [3.63, 3.8) is 0 Å². The lowest BCUT2D eigenvalue weighted by atomic mass is 10.1. The first-order chi connectivity index (χ1) is 10.1. The molecule has 21 heavy (non-hydrogen) atoms. The summed E-state index contributed by atoms with van der Waals surface area (Å²) in [5, 5.41) is 12.0. The molecular weight excluding hydrogens is 302 g/mol. The molecule has 0 aliphatic carbocycles.